The van der Waals surface area contributed by atoms with Crippen LogP contribution in [0.4, 0.5) is 0 Å². The summed E-state index contributed by atoms with van der Waals surface area (Å²) < 4.78 is 0. The Morgan fingerprint density at radius 3 is 2.70 bits per heavy atom. The third kappa shape index (κ3) is 3.29. The van der Waals surface area contributed by atoms with E-state index in [0.29, 0.717) is 16.5 Å². The quantitative estimate of drug-likeness (QED) is 0.932. The molecule has 0 aliphatic heterocycles. The first-order chi connectivity index (χ1) is 9.52. The predicted octanol–water partition coefficient (Wildman–Crippen LogP) is 3.90. The lowest BCUT2D eigenvalue weighted by molar-refractivity contribution is 0.692. The van der Waals surface area contributed by atoms with Crippen LogP contribution in [-0.2, 0) is 12.8 Å². The summed E-state index contributed by atoms with van der Waals surface area (Å²) in [4.78, 5) is 0. The smallest absolute Gasteiger partial charge is 0.0676 e. The summed E-state index contributed by atoms with van der Waals surface area (Å²) in [5.41, 5.74) is 10.1. The highest BCUT2D eigenvalue weighted by Gasteiger charge is 2.15. The number of aromatic nitrogens is 2. The van der Waals surface area contributed by atoms with Gasteiger partial charge in [-0.05, 0) is 43.0 Å². The molecule has 5 heteroatoms. The number of nitrogens with zero attached hydrogens (tertiary/aromatic N) is 2. The first-order valence-electron chi connectivity index (χ1n) is 6.54. The number of benzene rings is 1. The van der Waals surface area contributed by atoms with E-state index in [0.717, 1.165) is 28.9 Å². The zero-order valence-electron chi connectivity index (χ0n) is 11.5. The molecule has 0 fully saturated rings. The standard InChI is InChI=1S/C15H17Cl2N3/c1-3-14-11(7-9(2)19-20-14)13(18)8-10-5-4-6-12(16)15(10)17/h4-7,13H,3,8,18H2,1-2H3. The highest BCUT2D eigenvalue weighted by Crippen LogP contribution is 2.29. The molecular weight excluding hydrogens is 293 g/mol. The molecular formula is C15H17Cl2N3. The fraction of sp³-hybridized carbons (Fsp3) is 0.333. The van der Waals surface area contributed by atoms with E-state index >= 15 is 0 Å². The van der Waals surface area contributed by atoms with Crippen LogP contribution in [0.2, 0.25) is 10.0 Å². The van der Waals surface area contributed by atoms with E-state index in [9.17, 15) is 0 Å². The maximum Gasteiger partial charge on any atom is 0.0676 e. The minimum absolute atomic E-state index is 0.171. The second-order valence-corrected chi connectivity index (χ2v) is 5.55. The summed E-state index contributed by atoms with van der Waals surface area (Å²) in [7, 11) is 0. The summed E-state index contributed by atoms with van der Waals surface area (Å²) in [6, 6.07) is 7.42. The summed E-state index contributed by atoms with van der Waals surface area (Å²) >= 11 is 12.2. The molecule has 0 bridgehead atoms. The van der Waals surface area contributed by atoms with Crippen LogP contribution >= 0.6 is 23.2 Å². The van der Waals surface area contributed by atoms with Gasteiger partial charge in [-0.25, -0.2) is 0 Å². The van der Waals surface area contributed by atoms with Crippen molar-refractivity contribution in [3.63, 3.8) is 0 Å². The van der Waals surface area contributed by atoms with Gasteiger partial charge >= 0.3 is 0 Å². The van der Waals surface area contributed by atoms with E-state index in [4.69, 9.17) is 28.9 Å². The van der Waals surface area contributed by atoms with Crippen molar-refractivity contribution in [3.8, 4) is 0 Å². The average molecular weight is 310 g/mol. The van der Waals surface area contributed by atoms with Crippen LogP contribution in [0.25, 0.3) is 0 Å². The van der Waals surface area contributed by atoms with Crippen molar-refractivity contribution in [2.45, 2.75) is 32.7 Å². The third-order valence-corrected chi connectivity index (χ3v) is 4.09. The summed E-state index contributed by atoms with van der Waals surface area (Å²) in [5, 5.41) is 9.41. The third-order valence-electron chi connectivity index (χ3n) is 3.23. The molecule has 2 N–H and O–H groups in total. The van der Waals surface area contributed by atoms with Crippen molar-refractivity contribution in [3.05, 3.63) is 56.8 Å². The Bertz CT molecular complexity index is 614. The number of aryl methyl sites for hydroxylation is 2. The van der Waals surface area contributed by atoms with Gasteiger partial charge in [0.25, 0.3) is 0 Å². The second-order valence-electron chi connectivity index (χ2n) is 4.76. The molecule has 1 unspecified atom stereocenters. The Morgan fingerprint density at radius 1 is 1.25 bits per heavy atom. The highest BCUT2D eigenvalue weighted by molar-refractivity contribution is 6.42. The maximum absolute atomic E-state index is 6.32. The van der Waals surface area contributed by atoms with Crippen LogP contribution in [0.1, 0.15) is 35.5 Å². The molecule has 0 radical (unpaired) electrons. The van der Waals surface area contributed by atoms with Crippen LogP contribution in [-0.4, -0.2) is 10.2 Å². The molecule has 106 valence electrons. The largest absolute Gasteiger partial charge is 0.324 e. The Labute approximate surface area is 129 Å². The van der Waals surface area contributed by atoms with E-state index in [1.807, 2.05) is 32.0 Å². The van der Waals surface area contributed by atoms with Crippen molar-refractivity contribution in [2.75, 3.05) is 0 Å². The van der Waals surface area contributed by atoms with Gasteiger partial charge in [0.15, 0.2) is 0 Å². The number of nitrogens with two attached hydrogens (primary N) is 1. The SMILES string of the molecule is CCc1nnc(C)cc1C(N)Cc1cccc(Cl)c1Cl. The lowest BCUT2D eigenvalue weighted by atomic mass is 9.97. The van der Waals surface area contributed by atoms with Crippen LogP contribution < -0.4 is 5.73 Å². The molecule has 3 nitrogen and oxygen atoms in total. The number of hydrogen-bond donors (Lipinski definition) is 1. The van der Waals surface area contributed by atoms with Gasteiger partial charge in [-0.2, -0.15) is 10.2 Å². The van der Waals surface area contributed by atoms with Gasteiger partial charge in [-0.15, -0.1) is 0 Å². The monoisotopic (exact) mass is 309 g/mol. The molecule has 0 spiro atoms. The van der Waals surface area contributed by atoms with E-state index in [-0.39, 0.29) is 6.04 Å². The van der Waals surface area contributed by atoms with Crippen molar-refractivity contribution < 1.29 is 0 Å². The van der Waals surface area contributed by atoms with Gasteiger partial charge in [0.05, 0.1) is 21.4 Å². The summed E-state index contributed by atoms with van der Waals surface area (Å²) in [6.45, 7) is 3.96. The van der Waals surface area contributed by atoms with E-state index in [1.54, 1.807) is 6.07 Å². The Balaban J connectivity index is 2.30. The Kier molecular flexibility index (Phi) is 4.97. The van der Waals surface area contributed by atoms with Gasteiger partial charge in [0.2, 0.25) is 0 Å². The summed E-state index contributed by atoms with van der Waals surface area (Å²) in [5.74, 6) is 0. The maximum atomic E-state index is 6.32. The molecule has 2 aromatic rings. The minimum Gasteiger partial charge on any atom is -0.324 e. The van der Waals surface area contributed by atoms with E-state index < -0.39 is 0 Å². The molecule has 20 heavy (non-hydrogen) atoms. The van der Waals surface area contributed by atoms with Crippen molar-refractivity contribution in [2.24, 2.45) is 5.73 Å². The van der Waals surface area contributed by atoms with Crippen LogP contribution in [0.5, 0.6) is 0 Å². The molecule has 1 atom stereocenters. The zero-order chi connectivity index (χ0) is 14.7. The molecule has 0 amide bonds. The Hall–Kier alpha value is -1.16. The van der Waals surface area contributed by atoms with E-state index in [2.05, 4.69) is 10.2 Å². The predicted molar refractivity (Wildman–Crippen MR) is 83.2 cm³/mol. The van der Waals surface area contributed by atoms with Gasteiger partial charge in [-0.3, -0.25) is 0 Å². The van der Waals surface area contributed by atoms with Gasteiger partial charge in [0, 0.05) is 6.04 Å². The zero-order valence-corrected chi connectivity index (χ0v) is 13.0. The number of halogens is 2. The van der Waals surface area contributed by atoms with Crippen molar-refractivity contribution >= 4 is 23.2 Å². The fourth-order valence-corrected chi connectivity index (χ4v) is 2.58. The van der Waals surface area contributed by atoms with Gasteiger partial charge < -0.3 is 5.73 Å². The second kappa shape index (κ2) is 6.53. The molecule has 0 saturated carbocycles. The average Bonchev–Trinajstić information content (AvgIpc) is 2.43. The normalized spacial score (nSPS) is 12.4. The molecule has 0 aliphatic rings. The first-order valence-corrected chi connectivity index (χ1v) is 7.30. The summed E-state index contributed by atoms with van der Waals surface area (Å²) in [6.07, 6.45) is 1.43. The first kappa shape index (κ1) is 15.2. The van der Waals surface area contributed by atoms with Crippen LogP contribution in [0.3, 0.4) is 0 Å². The van der Waals surface area contributed by atoms with Gasteiger partial charge in [0.1, 0.15) is 0 Å². The van der Waals surface area contributed by atoms with Crippen molar-refractivity contribution in [1.82, 2.24) is 10.2 Å². The molecule has 0 saturated heterocycles. The lowest BCUT2D eigenvalue weighted by Crippen LogP contribution is -2.17. The van der Waals surface area contributed by atoms with Crippen LogP contribution in [0, 0.1) is 6.92 Å². The fourth-order valence-electron chi connectivity index (χ4n) is 2.18. The number of rotatable bonds is 4. The topological polar surface area (TPSA) is 51.8 Å². The van der Waals surface area contributed by atoms with Crippen molar-refractivity contribution in [1.29, 1.82) is 0 Å². The highest BCUT2D eigenvalue weighted by atomic mass is 35.5. The molecule has 0 aliphatic carbocycles. The number of hydrogen-bond acceptors (Lipinski definition) is 3. The van der Waals surface area contributed by atoms with Gasteiger partial charge in [-0.1, -0.05) is 42.3 Å². The van der Waals surface area contributed by atoms with E-state index in [1.165, 1.54) is 0 Å². The minimum atomic E-state index is -0.171. The molecule has 2 rings (SSSR count). The van der Waals surface area contributed by atoms with Crippen LogP contribution in [0.15, 0.2) is 24.3 Å². The lowest BCUT2D eigenvalue weighted by Gasteiger charge is -2.16. The molecule has 1 aromatic carbocycles. The molecule has 1 aromatic heterocycles. The molecule has 1 heterocycles. The Morgan fingerprint density at radius 2 is 2.00 bits per heavy atom.